The fraction of sp³-hybridized carbons (Fsp3) is 0.267. The molecular formula is C15H17N5. The number of nitrogen functional groups attached to an aromatic ring is 1. The highest BCUT2D eigenvalue weighted by Gasteiger charge is 2.15. The van der Waals surface area contributed by atoms with E-state index in [9.17, 15) is 0 Å². The van der Waals surface area contributed by atoms with Gasteiger partial charge in [0.05, 0.1) is 11.2 Å². The maximum Gasteiger partial charge on any atom is 0.222 e. The fourth-order valence-corrected chi connectivity index (χ4v) is 2.63. The van der Waals surface area contributed by atoms with Crippen molar-refractivity contribution in [2.24, 2.45) is 0 Å². The first-order valence-corrected chi connectivity index (χ1v) is 6.69. The van der Waals surface area contributed by atoms with Crippen LogP contribution in [0.5, 0.6) is 0 Å². The van der Waals surface area contributed by atoms with E-state index in [0.29, 0.717) is 0 Å². The third-order valence-corrected chi connectivity index (χ3v) is 3.60. The van der Waals surface area contributed by atoms with Crippen molar-refractivity contribution in [3.8, 4) is 5.82 Å². The number of aryl methyl sites for hydroxylation is 1. The van der Waals surface area contributed by atoms with Gasteiger partial charge in [-0.05, 0) is 38.0 Å². The number of aromatic nitrogens is 4. The van der Waals surface area contributed by atoms with Crippen LogP contribution in [0.3, 0.4) is 0 Å². The van der Waals surface area contributed by atoms with Crippen LogP contribution in [0.2, 0.25) is 0 Å². The number of benzene rings is 1. The van der Waals surface area contributed by atoms with E-state index in [1.165, 1.54) is 5.56 Å². The summed E-state index contributed by atoms with van der Waals surface area (Å²) in [5.41, 5.74) is 10.1. The molecule has 0 atom stereocenters. The van der Waals surface area contributed by atoms with Gasteiger partial charge in [0.15, 0.2) is 5.82 Å². The Morgan fingerprint density at radius 2 is 1.90 bits per heavy atom. The van der Waals surface area contributed by atoms with E-state index in [0.717, 1.165) is 34.5 Å². The summed E-state index contributed by atoms with van der Waals surface area (Å²) in [6, 6.07) is 7.84. The topological polar surface area (TPSA) is 69.6 Å². The van der Waals surface area contributed by atoms with Crippen molar-refractivity contribution in [1.82, 2.24) is 19.7 Å². The van der Waals surface area contributed by atoms with E-state index in [2.05, 4.69) is 28.9 Å². The standard InChI is InChI=1S/C15H17N5/c1-4-11-9(2)19-20(10(11)3)14-12-7-5-6-8-13(12)17-15(16)18-14/h5-8H,4H2,1-3H3,(H2,16,17,18). The number of fused-ring (bicyclic) bond motifs is 1. The highest BCUT2D eigenvalue weighted by Crippen LogP contribution is 2.23. The zero-order chi connectivity index (χ0) is 14.3. The summed E-state index contributed by atoms with van der Waals surface area (Å²) in [6.45, 7) is 6.22. The number of para-hydroxylation sites is 1. The molecule has 0 saturated heterocycles. The zero-order valence-corrected chi connectivity index (χ0v) is 11.9. The summed E-state index contributed by atoms with van der Waals surface area (Å²) in [5.74, 6) is 1.01. The van der Waals surface area contributed by atoms with Gasteiger partial charge in [0.25, 0.3) is 0 Å². The maximum absolute atomic E-state index is 5.83. The molecule has 0 spiro atoms. The van der Waals surface area contributed by atoms with Gasteiger partial charge in [0.1, 0.15) is 0 Å². The number of anilines is 1. The highest BCUT2D eigenvalue weighted by atomic mass is 15.3. The van der Waals surface area contributed by atoms with Gasteiger partial charge in [-0.1, -0.05) is 19.1 Å². The molecule has 0 unspecified atom stereocenters. The molecule has 0 aliphatic heterocycles. The van der Waals surface area contributed by atoms with Gasteiger partial charge in [-0.2, -0.15) is 10.1 Å². The molecule has 0 saturated carbocycles. The van der Waals surface area contributed by atoms with E-state index in [1.807, 2.05) is 35.9 Å². The SMILES string of the molecule is CCc1c(C)nn(-c2nc(N)nc3ccccc23)c1C. The van der Waals surface area contributed by atoms with Crippen LogP contribution in [0, 0.1) is 13.8 Å². The minimum Gasteiger partial charge on any atom is -0.368 e. The molecule has 102 valence electrons. The van der Waals surface area contributed by atoms with Crippen LogP contribution in [0.25, 0.3) is 16.7 Å². The van der Waals surface area contributed by atoms with Gasteiger partial charge in [0.2, 0.25) is 5.95 Å². The second-order valence-electron chi connectivity index (χ2n) is 4.84. The first-order chi connectivity index (χ1) is 9.61. The summed E-state index contributed by atoms with van der Waals surface area (Å²) in [6.07, 6.45) is 0.955. The monoisotopic (exact) mass is 267 g/mol. The number of nitrogens with zero attached hydrogens (tertiary/aromatic N) is 4. The molecule has 0 bridgehead atoms. The number of nitrogens with two attached hydrogens (primary N) is 1. The van der Waals surface area contributed by atoms with Crippen molar-refractivity contribution in [2.75, 3.05) is 5.73 Å². The smallest absolute Gasteiger partial charge is 0.222 e. The first-order valence-electron chi connectivity index (χ1n) is 6.69. The van der Waals surface area contributed by atoms with E-state index < -0.39 is 0 Å². The molecule has 3 aromatic rings. The molecule has 2 N–H and O–H groups in total. The van der Waals surface area contributed by atoms with Crippen LogP contribution in [-0.2, 0) is 6.42 Å². The van der Waals surface area contributed by atoms with Gasteiger partial charge < -0.3 is 5.73 Å². The van der Waals surface area contributed by atoms with E-state index in [1.54, 1.807) is 0 Å². The lowest BCUT2D eigenvalue weighted by molar-refractivity contribution is 0.811. The number of hydrogen-bond donors (Lipinski definition) is 1. The third-order valence-electron chi connectivity index (χ3n) is 3.60. The Kier molecular flexibility index (Phi) is 2.89. The fourth-order valence-electron chi connectivity index (χ4n) is 2.63. The second kappa shape index (κ2) is 4.59. The summed E-state index contributed by atoms with van der Waals surface area (Å²) in [5, 5.41) is 5.57. The van der Waals surface area contributed by atoms with Crippen LogP contribution < -0.4 is 5.73 Å². The van der Waals surface area contributed by atoms with Crippen LogP contribution in [0.1, 0.15) is 23.9 Å². The van der Waals surface area contributed by atoms with Crippen LogP contribution in [0.15, 0.2) is 24.3 Å². The van der Waals surface area contributed by atoms with Gasteiger partial charge in [-0.25, -0.2) is 9.67 Å². The molecule has 0 aliphatic rings. The Bertz CT molecular complexity index is 788. The number of hydrogen-bond acceptors (Lipinski definition) is 4. The molecule has 20 heavy (non-hydrogen) atoms. The Morgan fingerprint density at radius 1 is 1.15 bits per heavy atom. The summed E-state index contributed by atoms with van der Waals surface area (Å²) < 4.78 is 1.87. The molecule has 5 nitrogen and oxygen atoms in total. The Balaban J connectivity index is 2.35. The van der Waals surface area contributed by atoms with Crippen LogP contribution >= 0.6 is 0 Å². The average molecular weight is 267 g/mol. The lowest BCUT2D eigenvalue weighted by Gasteiger charge is -2.08. The van der Waals surface area contributed by atoms with Crippen LogP contribution in [-0.4, -0.2) is 19.7 Å². The average Bonchev–Trinajstić information content (AvgIpc) is 2.72. The van der Waals surface area contributed by atoms with Crippen molar-refractivity contribution in [3.05, 3.63) is 41.2 Å². The maximum atomic E-state index is 5.83. The molecular weight excluding hydrogens is 250 g/mol. The summed E-state index contributed by atoms with van der Waals surface area (Å²) in [4.78, 5) is 8.65. The summed E-state index contributed by atoms with van der Waals surface area (Å²) >= 11 is 0. The molecule has 0 fully saturated rings. The highest BCUT2D eigenvalue weighted by molar-refractivity contribution is 5.86. The van der Waals surface area contributed by atoms with Crippen molar-refractivity contribution >= 4 is 16.9 Å². The molecule has 0 amide bonds. The normalized spacial score (nSPS) is 11.2. The van der Waals surface area contributed by atoms with Crippen molar-refractivity contribution in [2.45, 2.75) is 27.2 Å². The molecule has 0 aliphatic carbocycles. The van der Waals surface area contributed by atoms with Crippen molar-refractivity contribution in [1.29, 1.82) is 0 Å². The molecule has 2 heterocycles. The molecule has 2 aromatic heterocycles. The van der Waals surface area contributed by atoms with E-state index in [-0.39, 0.29) is 5.95 Å². The molecule has 3 rings (SSSR count). The van der Waals surface area contributed by atoms with Gasteiger partial charge in [-0.15, -0.1) is 0 Å². The van der Waals surface area contributed by atoms with Gasteiger partial charge >= 0.3 is 0 Å². The first kappa shape index (κ1) is 12.6. The third kappa shape index (κ3) is 1.82. The largest absolute Gasteiger partial charge is 0.368 e. The van der Waals surface area contributed by atoms with Crippen molar-refractivity contribution < 1.29 is 0 Å². The second-order valence-corrected chi connectivity index (χ2v) is 4.84. The summed E-state index contributed by atoms with van der Waals surface area (Å²) in [7, 11) is 0. The molecule has 5 heteroatoms. The Hall–Kier alpha value is -2.43. The predicted molar refractivity (Wildman–Crippen MR) is 79.9 cm³/mol. The zero-order valence-electron chi connectivity index (χ0n) is 11.9. The van der Waals surface area contributed by atoms with E-state index >= 15 is 0 Å². The Morgan fingerprint density at radius 3 is 2.60 bits per heavy atom. The lowest BCUT2D eigenvalue weighted by atomic mass is 10.1. The molecule has 1 aromatic carbocycles. The number of rotatable bonds is 2. The minimum atomic E-state index is 0.268. The lowest BCUT2D eigenvalue weighted by Crippen LogP contribution is -2.07. The van der Waals surface area contributed by atoms with Crippen LogP contribution in [0.4, 0.5) is 5.95 Å². The Labute approximate surface area is 117 Å². The van der Waals surface area contributed by atoms with Gasteiger partial charge in [0, 0.05) is 11.1 Å². The van der Waals surface area contributed by atoms with Crippen molar-refractivity contribution in [3.63, 3.8) is 0 Å². The molecule has 0 radical (unpaired) electrons. The van der Waals surface area contributed by atoms with E-state index in [4.69, 9.17) is 5.73 Å². The van der Waals surface area contributed by atoms with Gasteiger partial charge in [-0.3, -0.25) is 0 Å². The minimum absolute atomic E-state index is 0.268. The quantitative estimate of drug-likeness (QED) is 0.774. The predicted octanol–water partition coefficient (Wildman–Crippen LogP) is 2.58.